The molecule has 6 heteroatoms. The van der Waals surface area contributed by atoms with Gasteiger partial charge in [0.05, 0.1) is 5.69 Å². The number of anilines is 1. The van der Waals surface area contributed by atoms with Crippen LogP contribution in [0, 0.1) is 6.92 Å². The summed E-state index contributed by atoms with van der Waals surface area (Å²) in [4.78, 5) is 4.43. The quantitative estimate of drug-likeness (QED) is 0.792. The van der Waals surface area contributed by atoms with Crippen molar-refractivity contribution in [3.63, 3.8) is 0 Å². The van der Waals surface area contributed by atoms with Gasteiger partial charge in [-0.05, 0) is 32.6 Å². The maximum Gasteiger partial charge on any atom is 0.389 e. The molecule has 0 saturated heterocycles. The molecule has 1 aromatic rings. The Kier molecular flexibility index (Phi) is 4.94. The Morgan fingerprint density at radius 1 is 1.30 bits per heavy atom. The van der Waals surface area contributed by atoms with Crippen LogP contribution in [0.15, 0.2) is 6.20 Å². The summed E-state index contributed by atoms with van der Waals surface area (Å²) in [5, 5.41) is 3.42. The first-order chi connectivity index (χ1) is 9.44. The number of unbranched alkanes of at least 4 members (excludes halogenated alkanes) is 1. The van der Waals surface area contributed by atoms with Gasteiger partial charge in [-0.3, -0.25) is 0 Å². The standard InChI is InChI=1S/C14H22F3N3/c1-11-10-20(9-5-4-8-14(15,16)17)13(18-11)19-12-6-2-3-7-12/h10,12H,2-9H2,1H3,(H,18,19). The van der Waals surface area contributed by atoms with Gasteiger partial charge in [-0.25, -0.2) is 4.98 Å². The van der Waals surface area contributed by atoms with Crippen LogP contribution in [0.3, 0.4) is 0 Å². The first-order valence-corrected chi connectivity index (χ1v) is 7.31. The summed E-state index contributed by atoms with van der Waals surface area (Å²) in [5.74, 6) is 0.807. The molecule has 0 radical (unpaired) electrons. The van der Waals surface area contributed by atoms with Gasteiger partial charge in [0.25, 0.3) is 0 Å². The van der Waals surface area contributed by atoms with Crippen LogP contribution >= 0.6 is 0 Å². The predicted molar refractivity (Wildman–Crippen MR) is 72.7 cm³/mol. The molecule has 0 aliphatic heterocycles. The van der Waals surface area contributed by atoms with E-state index in [1.165, 1.54) is 12.8 Å². The van der Waals surface area contributed by atoms with Crippen LogP contribution < -0.4 is 5.32 Å². The Labute approximate surface area is 117 Å². The maximum absolute atomic E-state index is 12.1. The number of aryl methyl sites for hydroxylation is 2. The van der Waals surface area contributed by atoms with Gasteiger partial charge < -0.3 is 9.88 Å². The molecule has 0 atom stereocenters. The van der Waals surface area contributed by atoms with Crippen molar-refractivity contribution in [1.82, 2.24) is 9.55 Å². The van der Waals surface area contributed by atoms with E-state index in [0.717, 1.165) is 24.5 Å². The van der Waals surface area contributed by atoms with Crippen LogP contribution in [0.1, 0.15) is 50.6 Å². The summed E-state index contributed by atoms with van der Waals surface area (Å²) in [7, 11) is 0. The van der Waals surface area contributed by atoms with Gasteiger partial charge in [0.2, 0.25) is 5.95 Å². The number of hydrogen-bond donors (Lipinski definition) is 1. The molecule has 1 aliphatic rings. The van der Waals surface area contributed by atoms with Gasteiger partial charge in [-0.1, -0.05) is 12.8 Å². The molecule has 1 aliphatic carbocycles. The molecule has 1 saturated carbocycles. The summed E-state index contributed by atoms with van der Waals surface area (Å²) in [6, 6.07) is 0.464. The van der Waals surface area contributed by atoms with Crippen LogP contribution in [0.25, 0.3) is 0 Å². The van der Waals surface area contributed by atoms with Crippen molar-refractivity contribution in [3.05, 3.63) is 11.9 Å². The normalized spacial score (nSPS) is 16.8. The van der Waals surface area contributed by atoms with E-state index >= 15 is 0 Å². The minimum atomic E-state index is -4.05. The van der Waals surface area contributed by atoms with Crippen molar-refractivity contribution in [1.29, 1.82) is 0 Å². The zero-order chi connectivity index (χ0) is 14.6. The third-order valence-corrected chi connectivity index (χ3v) is 3.69. The smallest absolute Gasteiger partial charge is 0.353 e. The first kappa shape index (κ1) is 15.2. The Morgan fingerprint density at radius 3 is 2.65 bits per heavy atom. The summed E-state index contributed by atoms with van der Waals surface area (Å²) in [6.45, 7) is 2.50. The first-order valence-electron chi connectivity index (χ1n) is 7.31. The van der Waals surface area contributed by atoms with Gasteiger partial charge in [-0.2, -0.15) is 13.2 Å². The van der Waals surface area contributed by atoms with Crippen molar-refractivity contribution in [3.8, 4) is 0 Å². The number of rotatable bonds is 6. The third-order valence-electron chi connectivity index (χ3n) is 3.69. The molecule has 0 unspecified atom stereocenters. The number of aromatic nitrogens is 2. The van der Waals surface area contributed by atoms with Crippen molar-refractivity contribution in [2.24, 2.45) is 0 Å². The summed E-state index contributed by atoms with van der Waals surface area (Å²) >= 11 is 0. The van der Waals surface area contributed by atoms with E-state index in [1.807, 2.05) is 17.7 Å². The molecule has 2 rings (SSSR count). The van der Waals surface area contributed by atoms with E-state index in [2.05, 4.69) is 10.3 Å². The predicted octanol–water partition coefficient (Wildman–Crippen LogP) is 4.28. The number of alkyl halides is 3. The average molecular weight is 289 g/mol. The minimum absolute atomic E-state index is 0.170. The number of nitrogens with one attached hydrogen (secondary N) is 1. The van der Waals surface area contributed by atoms with E-state index in [1.54, 1.807) is 0 Å². The fourth-order valence-corrected chi connectivity index (χ4v) is 2.69. The Morgan fingerprint density at radius 2 is 2.00 bits per heavy atom. The fraction of sp³-hybridized carbons (Fsp3) is 0.786. The monoisotopic (exact) mass is 289 g/mol. The molecule has 0 aromatic carbocycles. The molecule has 0 bridgehead atoms. The largest absolute Gasteiger partial charge is 0.389 e. The molecule has 1 fully saturated rings. The van der Waals surface area contributed by atoms with E-state index in [4.69, 9.17) is 0 Å². The van der Waals surface area contributed by atoms with Crippen LogP contribution in [0.4, 0.5) is 19.1 Å². The van der Waals surface area contributed by atoms with E-state index in [-0.39, 0.29) is 6.42 Å². The van der Waals surface area contributed by atoms with Crippen LogP contribution in [-0.2, 0) is 6.54 Å². The highest BCUT2D eigenvalue weighted by Crippen LogP contribution is 2.24. The highest BCUT2D eigenvalue weighted by atomic mass is 19.4. The lowest BCUT2D eigenvalue weighted by Gasteiger charge is -2.14. The Bertz CT molecular complexity index is 420. The summed E-state index contributed by atoms with van der Waals surface area (Å²) in [6.07, 6.45) is 2.64. The van der Waals surface area contributed by atoms with Crippen LogP contribution in [0.5, 0.6) is 0 Å². The zero-order valence-corrected chi connectivity index (χ0v) is 11.8. The van der Waals surface area contributed by atoms with Crippen molar-refractivity contribution >= 4 is 5.95 Å². The molecular formula is C14H22F3N3. The molecule has 0 amide bonds. The highest BCUT2D eigenvalue weighted by Gasteiger charge is 2.26. The third kappa shape index (κ3) is 4.72. The Hall–Kier alpha value is -1.20. The van der Waals surface area contributed by atoms with Crippen molar-refractivity contribution in [2.75, 3.05) is 5.32 Å². The van der Waals surface area contributed by atoms with Crippen molar-refractivity contribution in [2.45, 2.75) is 70.6 Å². The molecule has 3 nitrogen and oxygen atoms in total. The van der Waals surface area contributed by atoms with Crippen molar-refractivity contribution < 1.29 is 13.2 Å². The lowest BCUT2D eigenvalue weighted by molar-refractivity contribution is -0.135. The van der Waals surface area contributed by atoms with E-state index in [0.29, 0.717) is 19.0 Å². The van der Waals surface area contributed by atoms with Crippen LogP contribution in [0.2, 0.25) is 0 Å². The summed E-state index contributed by atoms with van der Waals surface area (Å²) in [5.41, 5.74) is 0.904. The average Bonchev–Trinajstić information content (AvgIpc) is 2.94. The molecule has 0 spiro atoms. The fourth-order valence-electron chi connectivity index (χ4n) is 2.69. The molecule has 1 heterocycles. The Balaban J connectivity index is 1.84. The van der Waals surface area contributed by atoms with Gasteiger partial charge in [0.15, 0.2) is 0 Å². The molecular weight excluding hydrogens is 267 g/mol. The summed E-state index contributed by atoms with van der Waals surface area (Å²) < 4.78 is 38.3. The SMILES string of the molecule is Cc1cn(CCCCC(F)(F)F)c(NC2CCCC2)n1. The molecule has 114 valence electrons. The minimum Gasteiger partial charge on any atom is -0.353 e. The molecule has 20 heavy (non-hydrogen) atoms. The van der Waals surface area contributed by atoms with E-state index in [9.17, 15) is 13.2 Å². The topological polar surface area (TPSA) is 29.9 Å². The second kappa shape index (κ2) is 6.50. The number of nitrogens with zero attached hydrogens (tertiary/aromatic N) is 2. The zero-order valence-electron chi connectivity index (χ0n) is 11.8. The van der Waals surface area contributed by atoms with Gasteiger partial charge in [-0.15, -0.1) is 0 Å². The highest BCUT2D eigenvalue weighted by molar-refractivity contribution is 5.30. The van der Waals surface area contributed by atoms with Crippen LogP contribution in [-0.4, -0.2) is 21.8 Å². The molecule has 1 aromatic heterocycles. The molecule has 1 N–H and O–H groups in total. The number of imidazole rings is 1. The lowest BCUT2D eigenvalue weighted by Crippen LogP contribution is -2.18. The van der Waals surface area contributed by atoms with Gasteiger partial charge >= 0.3 is 6.18 Å². The lowest BCUT2D eigenvalue weighted by atomic mass is 10.2. The van der Waals surface area contributed by atoms with E-state index < -0.39 is 12.6 Å². The van der Waals surface area contributed by atoms with Gasteiger partial charge in [0, 0.05) is 25.2 Å². The number of hydrogen-bond acceptors (Lipinski definition) is 2. The second-order valence-electron chi connectivity index (χ2n) is 5.60. The van der Waals surface area contributed by atoms with Gasteiger partial charge in [0.1, 0.15) is 0 Å². The number of halogens is 3. The maximum atomic E-state index is 12.1. The second-order valence-corrected chi connectivity index (χ2v) is 5.60.